The van der Waals surface area contributed by atoms with Crippen LogP contribution in [0.15, 0.2) is 5.16 Å². The molecule has 0 aromatic heterocycles. The fourth-order valence-electron chi connectivity index (χ4n) is 0.213. The topological polar surface area (TPSA) is 38.7 Å². The molecule has 0 N–H and O–H groups in total. The van der Waals surface area contributed by atoms with E-state index in [1.54, 1.807) is 20.8 Å². The minimum atomic E-state index is -0.431. The zero-order valence-electron chi connectivity index (χ0n) is 5.92. The van der Waals surface area contributed by atoms with Crippen LogP contribution in [0.4, 0.5) is 0 Å². The van der Waals surface area contributed by atoms with Crippen LogP contribution in [0.3, 0.4) is 0 Å². The Labute approximate surface area is 54.7 Å². The number of carbonyl (C=O) groups excluding carboxylic acids is 1. The molecule has 1 unspecified atom stereocenters. The van der Waals surface area contributed by atoms with Crippen molar-refractivity contribution in [3.8, 4) is 0 Å². The van der Waals surface area contributed by atoms with Crippen molar-refractivity contribution in [3.05, 3.63) is 0 Å². The molecule has 0 amide bonds. The second kappa shape index (κ2) is 4.06. The third-order valence-electron chi connectivity index (χ3n) is 0.593. The first-order chi connectivity index (χ1) is 4.16. The molecular formula is C6H11NO2. The van der Waals surface area contributed by atoms with Crippen LogP contribution in [0.2, 0.25) is 0 Å². The number of carbonyl (C=O) groups is 1. The Kier molecular flexibility index (Phi) is 3.67. The third-order valence-corrected chi connectivity index (χ3v) is 0.593. The highest BCUT2D eigenvalue weighted by atomic mass is 16.6. The lowest BCUT2D eigenvalue weighted by molar-refractivity contribution is -0.117. The van der Waals surface area contributed by atoms with Crippen LogP contribution in [0, 0.1) is 0 Å². The largest absolute Gasteiger partial charge is 0.385 e. The molecule has 0 saturated carbocycles. The van der Waals surface area contributed by atoms with Crippen molar-refractivity contribution in [1.82, 2.24) is 0 Å². The third kappa shape index (κ3) is 5.00. The maximum Gasteiger partial charge on any atom is 0.179 e. The minimum absolute atomic E-state index is 0.431. The number of oxime groups is 1. The van der Waals surface area contributed by atoms with E-state index in [0.717, 1.165) is 5.71 Å². The van der Waals surface area contributed by atoms with Crippen molar-refractivity contribution in [2.24, 2.45) is 5.16 Å². The summed E-state index contributed by atoms with van der Waals surface area (Å²) >= 11 is 0. The fourth-order valence-corrected chi connectivity index (χ4v) is 0.213. The number of rotatable bonds is 3. The first-order valence-corrected chi connectivity index (χ1v) is 2.79. The van der Waals surface area contributed by atoms with Gasteiger partial charge in [0, 0.05) is 0 Å². The summed E-state index contributed by atoms with van der Waals surface area (Å²) in [5.41, 5.74) is 0.809. The predicted octanol–water partition coefficient (Wildman–Crippen LogP) is 0.986. The van der Waals surface area contributed by atoms with Crippen LogP contribution in [-0.4, -0.2) is 18.1 Å². The summed E-state index contributed by atoms with van der Waals surface area (Å²) in [5, 5.41) is 3.58. The Bertz CT molecular complexity index is 116. The van der Waals surface area contributed by atoms with Gasteiger partial charge in [0.1, 0.15) is 0 Å². The standard InChI is InChI=1S/C6H11NO2/c1-5(2)7-9-6(3)4-8/h4,6H,1-3H3. The van der Waals surface area contributed by atoms with E-state index >= 15 is 0 Å². The van der Waals surface area contributed by atoms with E-state index in [9.17, 15) is 4.79 Å². The molecule has 3 nitrogen and oxygen atoms in total. The predicted molar refractivity (Wildman–Crippen MR) is 35.4 cm³/mol. The zero-order chi connectivity index (χ0) is 7.28. The first-order valence-electron chi connectivity index (χ1n) is 2.79. The van der Waals surface area contributed by atoms with Crippen molar-refractivity contribution in [2.75, 3.05) is 0 Å². The number of nitrogens with zero attached hydrogens (tertiary/aromatic N) is 1. The summed E-state index contributed by atoms with van der Waals surface area (Å²) in [5.74, 6) is 0. The lowest BCUT2D eigenvalue weighted by atomic mass is 10.5. The second-order valence-corrected chi connectivity index (χ2v) is 1.99. The highest BCUT2D eigenvalue weighted by molar-refractivity contribution is 5.78. The van der Waals surface area contributed by atoms with Gasteiger partial charge in [0.05, 0.1) is 5.71 Å². The molecule has 0 fully saturated rings. The molecule has 0 aliphatic carbocycles. The van der Waals surface area contributed by atoms with E-state index < -0.39 is 6.10 Å². The molecule has 0 aliphatic rings. The monoisotopic (exact) mass is 129 g/mol. The van der Waals surface area contributed by atoms with Crippen molar-refractivity contribution in [2.45, 2.75) is 26.9 Å². The van der Waals surface area contributed by atoms with Gasteiger partial charge in [-0.05, 0) is 20.8 Å². The minimum Gasteiger partial charge on any atom is -0.385 e. The van der Waals surface area contributed by atoms with Gasteiger partial charge in [-0.2, -0.15) is 0 Å². The lowest BCUT2D eigenvalue weighted by Crippen LogP contribution is -2.05. The molecule has 0 rings (SSSR count). The Morgan fingerprint density at radius 1 is 1.67 bits per heavy atom. The van der Waals surface area contributed by atoms with Gasteiger partial charge >= 0.3 is 0 Å². The van der Waals surface area contributed by atoms with Crippen LogP contribution in [0.5, 0.6) is 0 Å². The van der Waals surface area contributed by atoms with E-state index in [1.807, 2.05) is 0 Å². The maximum absolute atomic E-state index is 9.92. The van der Waals surface area contributed by atoms with Crippen LogP contribution < -0.4 is 0 Å². The van der Waals surface area contributed by atoms with E-state index in [2.05, 4.69) is 9.99 Å². The molecule has 0 heterocycles. The van der Waals surface area contributed by atoms with Crippen molar-refractivity contribution < 1.29 is 9.63 Å². The summed E-state index contributed by atoms with van der Waals surface area (Å²) < 4.78 is 0. The molecule has 0 aromatic carbocycles. The Morgan fingerprint density at radius 3 is 2.56 bits per heavy atom. The van der Waals surface area contributed by atoms with Gasteiger partial charge in [0.25, 0.3) is 0 Å². The smallest absolute Gasteiger partial charge is 0.179 e. The average Bonchev–Trinajstić information content (AvgIpc) is 1.83. The van der Waals surface area contributed by atoms with Crippen LogP contribution in [-0.2, 0) is 9.63 Å². The van der Waals surface area contributed by atoms with E-state index in [-0.39, 0.29) is 0 Å². The van der Waals surface area contributed by atoms with Gasteiger partial charge < -0.3 is 4.84 Å². The van der Waals surface area contributed by atoms with Crippen molar-refractivity contribution in [3.63, 3.8) is 0 Å². The summed E-state index contributed by atoms with van der Waals surface area (Å²) in [6, 6.07) is 0. The van der Waals surface area contributed by atoms with E-state index in [1.165, 1.54) is 0 Å². The van der Waals surface area contributed by atoms with E-state index in [0.29, 0.717) is 6.29 Å². The fraction of sp³-hybridized carbons (Fsp3) is 0.667. The molecule has 3 heteroatoms. The number of aldehydes is 1. The van der Waals surface area contributed by atoms with Crippen molar-refractivity contribution in [1.29, 1.82) is 0 Å². The van der Waals surface area contributed by atoms with Gasteiger partial charge in [0.15, 0.2) is 12.4 Å². The van der Waals surface area contributed by atoms with Crippen LogP contribution in [0.1, 0.15) is 20.8 Å². The summed E-state index contributed by atoms with van der Waals surface area (Å²) in [6.45, 7) is 5.24. The Hall–Kier alpha value is -0.860. The Balaban J connectivity index is 3.49. The first kappa shape index (κ1) is 8.14. The quantitative estimate of drug-likeness (QED) is 0.324. The summed E-state index contributed by atoms with van der Waals surface area (Å²) in [7, 11) is 0. The number of hydrogen-bond donors (Lipinski definition) is 0. The molecule has 0 spiro atoms. The molecule has 1 atom stereocenters. The van der Waals surface area contributed by atoms with Gasteiger partial charge in [-0.15, -0.1) is 0 Å². The molecular weight excluding hydrogens is 118 g/mol. The highest BCUT2D eigenvalue weighted by Gasteiger charge is 1.94. The van der Waals surface area contributed by atoms with Gasteiger partial charge in [-0.25, -0.2) is 0 Å². The molecule has 0 aromatic rings. The molecule has 0 aliphatic heterocycles. The second-order valence-electron chi connectivity index (χ2n) is 1.99. The maximum atomic E-state index is 9.92. The molecule has 9 heavy (non-hydrogen) atoms. The number of hydrogen-bond acceptors (Lipinski definition) is 3. The Morgan fingerprint density at radius 2 is 2.22 bits per heavy atom. The SMILES string of the molecule is CC(C)=NOC(C)C=O. The van der Waals surface area contributed by atoms with Crippen LogP contribution >= 0.6 is 0 Å². The summed E-state index contributed by atoms with van der Waals surface area (Å²) in [6.07, 6.45) is 0.270. The molecule has 0 saturated heterocycles. The van der Waals surface area contributed by atoms with Crippen molar-refractivity contribution >= 4 is 12.0 Å². The van der Waals surface area contributed by atoms with E-state index in [4.69, 9.17) is 0 Å². The lowest BCUT2D eigenvalue weighted by Gasteiger charge is -1.99. The van der Waals surface area contributed by atoms with Gasteiger partial charge in [-0.3, -0.25) is 4.79 Å². The van der Waals surface area contributed by atoms with Gasteiger partial charge in [-0.1, -0.05) is 5.16 Å². The summed E-state index contributed by atoms with van der Waals surface area (Å²) in [4.78, 5) is 14.6. The normalized spacial score (nSPS) is 11.9. The average molecular weight is 129 g/mol. The molecule has 0 bridgehead atoms. The highest BCUT2D eigenvalue weighted by Crippen LogP contribution is 1.86. The van der Waals surface area contributed by atoms with Crippen LogP contribution in [0.25, 0.3) is 0 Å². The molecule has 0 radical (unpaired) electrons. The van der Waals surface area contributed by atoms with Gasteiger partial charge in [0.2, 0.25) is 0 Å². The zero-order valence-corrected chi connectivity index (χ0v) is 5.92. The molecule has 52 valence electrons.